The summed E-state index contributed by atoms with van der Waals surface area (Å²) in [5.74, 6) is -1.47. The van der Waals surface area contributed by atoms with Crippen molar-refractivity contribution in [1.29, 1.82) is 0 Å². The van der Waals surface area contributed by atoms with Crippen LogP contribution in [0.2, 0.25) is 0 Å². The number of benzene rings is 1. The Balaban J connectivity index is 2.09. The molecule has 5 nitrogen and oxygen atoms in total. The zero-order valence-electron chi connectivity index (χ0n) is 11.5. The fourth-order valence-corrected chi connectivity index (χ4v) is 4.37. The Hall–Kier alpha value is -1.69. The largest absolute Gasteiger partial charge is 0.343 e. The standard InChI is InChI=1S/C14H17NO4S/c1-10-3-5-11(6-4-10)12(16)13(17)15-14(2)7-8-20(18,19)9-14/h3-6H,7-9H2,1-2H3,(H,15,17). The maximum Gasteiger partial charge on any atom is 0.292 e. The molecule has 1 aromatic carbocycles. The lowest BCUT2D eigenvalue weighted by Crippen LogP contribution is -2.49. The lowest BCUT2D eigenvalue weighted by atomic mass is 10.0. The van der Waals surface area contributed by atoms with Crippen molar-refractivity contribution < 1.29 is 18.0 Å². The Morgan fingerprint density at radius 1 is 1.20 bits per heavy atom. The minimum Gasteiger partial charge on any atom is -0.343 e. The Morgan fingerprint density at radius 2 is 1.80 bits per heavy atom. The molecule has 6 heteroatoms. The molecule has 1 amide bonds. The summed E-state index contributed by atoms with van der Waals surface area (Å²) in [5.41, 5.74) is 0.448. The van der Waals surface area contributed by atoms with Crippen molar-refractivity contribution in [2.45, 2.75) is 25.8 Å². The van der Waals surface area contributed by atoms with E-state index in [4.69, 9.17) is 0 Å². The summed E-state index contributed by atoms with van der Waals surface area (Å²) in [6.07, 6.45) is 0.336. The van der Waals surface area contributed by atoms with Gasteiger partial charge in [0.15, 0.2) is 9.84 Å². The molecule has 20 heavy (non-hydrogen) atoms. The second-order valence-corrected chi connectivity index (χ2v) is 7.74. The number of nitrogens with one attached hydrogen (secondary N) is 1. The number of Topliss-reactive ketones (excluding diaryl/α,β-unsaturated/α-hetero) is 1. The van der Waals surface area contributed by atoms with Crippen molar-refractivity contribution in [3.63, 3.8) is 0 Å². The highest BCUT2D eigenvalue weighted by atomic mass is 32.2. The van der Waals surface area contributed by atoms with E-state index in [9.17, 15) is 18.0 Å². The van der Waals surface area contributed by atoms with Gasteiger partial charge in [0.25, 0.3) is 5.91 Å². The van der Waals surface area contributed by atoms with Gasteiger partial charge >= 0.3 is 0 Å². The molecule has 1 aliphatic rings. The molecule has 1 atom stereocenters. The van der Waals surface area contributed by atoms with Crippen LogP contribution >= 0.6 is 0 Å². The predicted octanol–water partition coefficient (Wildman–Crippen LogP) is 0.871. The van der Waals surface area contributed by atoms with E-state index < -0.39 is 27.1 Å². The summed E-state index contributed by atoms with van der Waals surface area (Å²) in [7, 11) is -3.12. The summed E-state index contributed by atoms with van der Waals surface area (Å²) in [4.78, 5) is 23.9. The number of amides is 1. The zero-order valence-corrected chi connectivity index (χ0v) is 12.3. The third-order valence-electron chi connectivity index (χ3n) is 3.44. The van der Waals surface area contributed by atoms with Gasteiger partial charge in [-0.3, -0.25) is 9.59 Å². The van der Waals surface area contributed by atoms with Crippen LogP contribution in [-0.2, 0) is 14.6 Å². The quantitative estimate of drug-likeness (QED) is 0.663. The Labute approximate surface area is 118 Å². The number of ketones is 1. The van der Waals surface area contributed by atoms with E-state index >= 15 is 0 Å². The van der Waals surface area contributed by atoms with Crippen molar-refractivity contribution in [3.8, 4) is 0 Å². The van der Waals surface area contributed by atoms with Gasteiger partial charge in [-0.15, -0.1) is 0 Å². The minimum atomic E-state index is -3.12. The Bertz CT molecular complexity index is 648. The number of hydrogen-bond acceptors (Lipinski definition) is 4. The number of carbonyl (C=O) groups is 2. The van der Waals surface area contributed by atoms with Crippen molar-refractivity contribution in [1.82, 2.24) is 5.32 Å². The van der Waals surface area contributed by atoms with Crippen LogP contribution < -0.4 is 5.32 Å². The van der Waals surface area contributed by atoms with Crippen molar-refractivity contribution in [3.05, 3.63) is 35.4 Å². The average molecular weight is 295 g/mol. The van der Waals surface area contributed by atoms with Crippen LogP contribution in [0.4, 0.5) is 0 Å². The van der Waals surface area contributed by atoms with E-state index in [1.54, 1.807) is 31.2 Å². The molecule has 0 radical (unpaired) electrons. The van der Waals surface area contributed by atoms with Crippen LogP contribution in [0, 0.1) is 6.92 Å². The molecule has 1 aromatic rings. The van der Waals surface area contributed by atoms with E-state index in [0.717, 1.165) is 5.56 Å². The van der Waals surface area contributed by atoms with Gasteiger partial charge in [-0.2, -0.15) is 0 Å². The van der Waals surface area contributed by atoms with E-state index in [2.05, 4.69) is 5.32 Å². The molecule has 1 fully saturated rings. The molecule has 0 bridgehead atoms. The monoisotopic (exact) mass is 295 g/mol. The normalized spacial score (nSPS) is 24.3. The minimum absolute atomic E-state index is 0.0441. The van der Waals surface area contributed by atoms with Crippen LogP contribution in [0.3, 0.4) is 0 Å². The Kier molecular flexibility index (Phi) is 3.69. The first kappa shape index (κ1) is 14.7. The molecule has 108 valence electrons. The zero-order chi connectivity index (χ0) is 15.0. The number of aryl methyl sites for hydroxylation is 1. The maximum absolute atomic E-state index is 12.0. The maximum atomic E-state index is 12.0. The molecule has 2 rings (SSSR count). The summed E-state index contributed by atoms with van der Waals surface area (Å²) < 4.78 is 22.9. The Morgan fingerprint density at radius 3 is 2.30 bits per heavy atom. The first-order valence-electron chi connectivity index (χ1n) is 6.35. The fourth-order valence-electron chi connectivity index (χ4n) is 2.28. The van der Waals surface area contributed by atoms with Gasteiger partial charge in [0.1, 0.15) is 0 Å². The summed E-state index contributed by atoms with van der Waals surface area (Å²) in [5, 5.41) is 2.56. The van der Waals surface area contributed by atoms with Gasteiger partial charge in [0, 0.05) is 5.56 Å². The number of carbonyl (C=O) groups excluding carboxylic acids is 2. The lowest BCUT2D eigenvalue weighted by molar-refractivity contribution is -0.118. The molecule has 0 saturated carbocycles. The second kappa shape index (κ2) is 5.01. The van der Waals surface area contributed by atoms with Gasteiger partial charge in [0.05, 0.1) is 17.0 Å². The van der Waals surface area contributed by atoms with E-state index in [0.29, 0.717) is 12.0 Å². The molecule has 1 unspecified atom stereocenters. The topological polar surface area (TPSA) is 80.3 Å². The van der Waals surface area contributed by atoms with Crippen LogP contribution in [0.1, 0.15) is 29.3 Å². The first-order valence-corrected chi connectivity index (χ1v) is 8.17. The number of hydrogen-bond donors (Lipinski definition) is 1. The highest BCUT2D eigenvalue weighted by molar-refractivity contribution is 7.91. The third-order valence-corrected chi connectivity index (χ3v) is 5.34. The molecule has 0 spiro atoms. The summed E-state index contributed by atoms with van der Waals surface area (Å²) >= 11 is 0. The van der Waals surface area contributed by atoms with Crippen molar-refractivity contribution in [2.24, 2.45) is 0 Å². The van der Waals surface area contributed by atoms with Crippen molar-refractivity contribution in [2.75, 3.05) is 11.5 Å². The predicted molar refractivity (Wildman–Crippen MR) is 75.3 cm³/mol. The SMILES string of the molecule is Cc1ccc(C(=O)C(=O)NC2(C)CCS(=O)(=O)C2)cc1. The lowest BCUT2D eigenvalue weighted by Gasteiger charge is -2.23. The highest BCUT2D eigenvalue weighted by Crippen LogP contribution is 2.22. The van der Waals surface area contributed by atoms with Gasteiger partial charge in [0.2, 0.25) is 5.78 Å². The number of rotatable bonds is 3. The van der Waals surface area contributed by atoms with Gasteiger partial charge in [-0.05, 0) is 20.3 Å². The molecular formula is C14H17NO4S. The molecule has 0 aromatic heterocycles. The summed E-state index contributed by atoms with van der Waals surface area (Å²) in [6, 6.07) is 6.68. The second-order valence-electron chi connectivity index (χ2n) is 5.55. The van der Waals surface area contributed by atoms with Crippen LogP contribution in [0.15, 0.2) is 24.3 Å². The van der Waals surface area contributed by atoms with E-state index in [1.807, 2.05) is 6.92 Å². The highest BCUT2D eigenvalue weighted by Gasteiger charge is 2.40. The molecule has 1 saturated heterocycles. The van der Waals surface area contributed by atoms with Crippen LogP contribution in [0.5, 0.6) is 0 Å². The van der Waals surface area contributed by atoms with Crippen molar-refractivity contribution >= 4 is 21.5 Å². The van der Waals surface area contributed by atoms with Gasteiger partial charge in [-0.1, -0.05) is 29.8 Å². The number of sulfone groups is 1. The van der Waals surface area contributed by atoms with Gasteiger partial charge in [-0.25, -0.2) is 8.42 Å². The molecule has 1 aliphatic heterocycles. The van der Waals surface area contributed by atoms with Gasteiger partial charge < -0.3 is 5.32 Å². The molecular weight excluding hydrogens is 278 g/mol. The third kappa shape index (κ3) is 3.25. The molecule has 0 aliphatic carbocycles. The smallest absolute Gasteiger partial charge is 0.292 e. The van der Waals surface area contributed by atoms with E-state index in [-0.39, 0.29) is 11.5 Å². The van der Waals surface area contributed by atoms with Crippen LogP contribution in [0.25, 0.3) is 0 Å². The summed E-state index contributed by atoms with van der Waals surface area (Å²) in [6.45, 7) is 3.54. The molecule has 1 N–H and O–H groups in total. The van der Waals surface area contributed by atoms with E-state index in [1.165, 1.54) is 0 Å². The first-order chi connectivity index (χ1) is 9.21. The molecule has 1 heterocycles. The van der Waals surface area contributed by atoms with Crippen LogP contribution in [-0.4, -0.2) is 37.2 Å². The average Bonchev–Trinajstić information content (AvgIpc) is 2.63. The fraction of sp³-hybridized carbons (Fsp3) is 0.429.